The van der Waals surface area contributed by atoms with Gasteiger partial charge in [-0.25, -0.2) is 8.42 Å². The lowest BCUT2D eigenvalue weighted by Crippen LogP contribution is -2.40. The average Bonchev–Trinajstić information content (AvgIpc) is 3.23. The summed E-state index contributed by atoms with van der Waals surface area (Å²) >= 11 is 0. The molecule has 0 aromatic heterocycles. The van der Waals surface area contributed by atoms with Gasteiger partial charge in [0.05, 0.1) is 10.6 Å². The van der Waals surface area contributed by atoms with Crippen molar-refractivity contribution in [1.82, 2.24) is 0 Å². The Kier molecular flexibility index (Phi) is 4.94. The third kappa shape index (κ3) is 3.42. The van der Waals surface area contributed by atoms with Crippen LogP contribution >= 0.6 is 0 Å². The van der Waals surface area contributed by atoms with E-state index in [-0.39, 0.29) is 17.3 Å². The van der Waals surface area contributed by atoms with Gasteiger partial charge in [-0.15, -0.1) is 0 Å². The van der Waals surface area contributed by atoms with E-state index >= 15 is 0 Å². The first kappa shape index (κ1) is 20.3. The van der Waals surface area contributed by atoms with Crippen molar-refractivity contribution in [2.24, 2.45) is 0 Å². The van der Waals surface area contributed by atoms with Crippen LogP contribution in [0.25, 0.3) is 11.1 Å². The topological polar surface area (TPSA) is 86.8 Å². The van der Waals surface area contributed by atoms with Crippen LogP contribution < -0.4 is 14.5 Å². The maximum Gasteiger partial charge on any atom is 0.265 e. The predicted molar refractivity (Wildman–Crippen MR) is 123 cm³/mol. The zero-order valence-corrected chi connectivity index (χ0v) is 18.0. The molecule has 3 aromatic carbocycles. The number of rotatable bonds is 4. The SMILES string of the molecule is O=C(CN1c2ccccc2-c2ccccc2S1(=O)=O)Nc1ccc(N2CCCC2=O)cc1. The molecule has 0 radical (unpaired) electrons. The molecule has 7 nitrogen and oxygen atoms in total. The second-order valence-corrected chi connectivity index (χ2v) is 9.60. The third-order valence-corrected chi connectivity index (χ3v) is 7.56. The summed E-state index contributed by atoms with van der Waals surface area (Å²) in [6.45, 7) is 0.346. The summed E-state index contributed by atoms with van der Waals surface area (Å²) in [4.78, 5) is 26.6. The zero-order chi connectivity index (χ0) is 22.3. The predicted octanol–water partition coefficient (Wildman–Crippen LogP) is 3.63. The number of hydrogen-bond donors (Lipinski definition) is 1. The van der Waals surface area contributed by atoms with Gasteiger partial charge in [0, 0.05) is 35.5 Å². The Morgan fingerprint density at radius 1 is 0.906 bits per heavy atom. The molecule has 0 aliphatic carbocycles. The lowest BCUT2D eigenvalue weighted by molar-refractivity contribution is -0.117. The van der Waals surface area contributed by atoms with Gasteiger partial charge in [0.1, 0.15) is 6.54 Å². The molecule has 1 fully saturated rings. The Hall–Kier alpha value is -3.65. The zero-order valence-electron chi connectivity index (χ0n) is 17.2. The third-order valence-electron chi connectivity index (χ3n) is 5.74. The first-order valence-corrected chi connectivity index (χ1v) is 11.8. The van der Waals surface area contributed by atoms with E-state index in [1.807, 2.05) is 12.1 Å². The molecule has 3 aromatic rings. The minimum absolute atomic E-state index is 0.0936. The molecule has 5 rings (SSSR count). The van der Waals surface area contributed by atoms with E-state index in [2.05, 4.69) is 5.32 Å². The molecule has 32 heavy (non-hydrogen) atoms. The maximum atomic E-state index is 13.3. The summed E-state index contributed by atoms with van der Waals surface area (Å²) in [6, 6.07) is 21.0. The number of anilines is 3. The standard InChI is InChI=1S/C24H21N3O4S/c28-23(25-17-11-13-18(14-12-17)26-15-5-10-24(26)29)16-27-21-8-3-1-6-19(21)20-7-2-4-9-22(20)32(27,30)31/h1-4,6-9,11-14H,5,10,15-16H2,(H,25,28). The molecular formula is C24H21N3O4S. The van der Waals surface area contributed by atoms with Gasteiger partial charge >= 0.3 is 0 Å². The Labute approximate surface area is 186 Å². The van der Waals surface area contributed by atoms with Crippen molar-refractivity contribution in [1.29, 1.82) is 0 Å². The van der Waals surface area contributed by atoms with Crippen molar-refractivity contribution in [3.63, 3.8) is 0 Å². The summed E-state index contributed by atoms with van der Waals surface area (Å²) in [6.07, 6.45) is 1.39. The fourth-order valence-corrected chi connectivity index (χ4v) is 5.88. The second kappa shape index (κ2) is 7.80. The lowest BCUT2D eigenvalue weighted by Gasteiger charge is -2.31. The number of carbonyl (C=O) groups excluding carboxylic acids is 2. The molecule has 162 valence electrons. The molecule has 8 heteroatoms. The van der Waals surface area contributed by atoms with Crippen LogP contribution in [0.4, 0.5) is 17.1 Å². The Morgan fingerprint density at radius 3 is 2.31 bits per heavy atom. The van der Waals surface area contributed by atoms with Gasteiger partial charge in [-0.3, -0.25) is 13.9 Å². The van der Waals surface area contributed by atoms with Crippen LogP contribution in [0.1, 0.15) is 12.8 Å². The van der Waals surface area contributed by atoms with Crippen LogP contribution in [0.2, 0.25) is 0 Å². The van der Waals surface area contributed by atoms with Crippen molar-refractivity contribution in [3.05, 3.63) is 72.8 Å². The van der Waals surface area contributed by atoms with Gasteiger partial charge in [0.25, 0.3) is 10.0 Å². The van der Waals surface area contributed by atoms with Gasteiger partial charge in [-0.1, -0.05) is 36.4 Å². The summed E-state index contributed by atoms with van der Waals surface area (Å²) in [5.74, 6) is -0.358. The molecule has 0 unspecified atom stereocenters. The van der Waals surface area contributed by atoms with Crippen LogP contribution in [0.15, 0.2) is 77.7 Å². The number of carbonyl (C=O) groups is 2. The minimum Gasteiger partial charge on any atom is -0.325 e. The van der Waals surface area contributed by atoms with E-state index in [4.69, 9.17) is 0 Å². The van der Waals surface area contributed by atoms with Crippen LogP contribution in [-0.2, 0) is 19.6 Å². The maximum absolute atomic E-state index is 13.3. The fourth-order valence-electron chi connectivity index (χ4n) is 4.23. The highest BCUT2D eigenvalue weighted by Crippen LogP contribution is 2.42. The van der Waals surface area contributed by atoms with Gasteiger partial charge < -0.3 is 10.2 Å². The van der Waals surface area contributed by atoms with Gasteiger partial charge in [0.15, 0.2) is 0 Å². The number of benzene rings is 3. The van der Waals surface area contributed by atoms with E-state index in [0.29, 0.717) is 29.9 Å². The van der Waals surface area contributed by atoms with Crippen molar-refractivity contribution < 1.29 is 18.0 Å². The number of hydrogen-bond acceptors (Lipinski definition) is 4. The number of nitrogens with one attached hydrogen (secondary N) is 1. The van der Waals surface area contributed by atoms with Crippen LogP contribution in [0, 0.1) is 0 Å². The number of para-hydroxylation sites is 1. The van der Waals surface area contributed by atoms with Gasteiger partial charge in [-0.05, 0) is 42.8 Å². The molecule has 2 aliphatic heterocycles. The fraction of sp³-hybridized carbons (Fsp3) is 0.167. The van der Waals surface area contributed by atoms with E-state index in [1.165, 1.54) is 0 Å². The van der Waals surface area contributed by atoms with Crippen LogP contribution in [0.3, 0.4) is 0 Å². The first-order valence-electron chi connectivity index (χ1n) is 10.4. The molecule has 0 bridgehead atoms. The number of amides is 2. The molecule has 1 N–H and O–H groups in total. The quantitative estimate of drug-likeness (QED) is 0.662. The van der Waals surface area contributed by atoms with E-state index in [0.717, 1.165) is 22.0 Å². The van der Waals surface area contributed by atoms with E-state index < -0.39 is 15.9 Å². The number of fused-ring (bicyclic) bond motifs is 3. The van der Waals surface area contributed by atoms with Crippen LogP contribution in [-0.4, -0.2) is 33.3 Å². The second-order valence-electron chi connectivity index (χ2n) is 7.77. The molecule has 2 amide bonds. The van der Waals surface area contributed by atoms with Crippen LogP contribution in [0.5, 0.6) is 0 Å². The number of sulfonamides is 1. The highest BCUT2D eigenvalue weighted by atomic mass is 32.2. The van der Waals surface area contributed by atoms with Crippen molar-refractivity contribution in [3.8, 4) is 11.1 Å². The summed E-state index contributed by atoms with van der Waals surface area (Å²) in [7, 11) is -3.88. The number of nitrogens with zero attached hydrogens (tertiary/aromatic N) is 2. The van der Waals surface area contributed by atoms with Crippen molar-refractivity contribution in [2.75, 3.05) is 27.6 Å². The van der Waals surface area contributed by atoms with E-state index in [1.54, 1.807) is 65.6 Å². The van der Waals surface area contributed by atoms with Gasteiger partial charge in [0.2, 0.25) is 11.8 Å². The summed E-state index contributed by atoms with van der Waals surface area (Å²) in [5, 5.41) is 2.76. The molecule has 2 heterocycles. The molecule has 0 saturated carbocycles. The Balaban J connectivity index is 1.38. The van der Waals surface area contributed by atoms with Gasteiger partial charge in [-0.2, -0.15) is 0 Å². The largest absolute Gasteiger partial charge is 0.325 e. The summed E-state index contributed by atoms with van der Waals surface area (Å²) in [5.41, 5.74) is 3.20. The molecule has 0 atom stereocenters. The smallest absolute Gasteiger partial charge is 0.265 e. The average molecular weight is 448 g/mol. The van der Waals surface area contributed by atoms with Crippen molar-refractivity contribution >= 4 is 38.9 Å². The summed E-state index contributed by atoms with van der Waals surface area (Å²) < 4.78 is 27.7. The molecule has 1 saturated heterocycles. The minimum atomic E-state index is -3.88. The molecule has 0 spiro atoms. The Morgan fingerprint density at radius 2 is 1.59 bits per heavy atom. The van der Waals surface area contributed by atoms with Crippen molar-refractivity contribution in [2.45, 2.75) is 17.7 Å². The Bertz CT molecular complexity index is 1320. The monoisotopic (exact) mass is 447 g/mol. The molecule has 2 aliphatic rings. The lowest BCUT2D eigenvalue weighted by atomic mass is 10.0. The first-order chi connectivity index (χ1) is 15.4. The highest BCUT2D eigenvalue weighted by Gasteiger charge is 2.35. The highest BCUT2D eigenvalue weighted by molar-refractivity contribution is 7.93. The van der Waals surface area contributed by atoms with E-state index in [9.17, 15) is 18.0 Å². The molecular weight excluding hydrogens is 426 g/mol. The normalized spacial score (nSPS) is 16.4.